The van der Waals surface area contributed by atoms with Gasteiger partial charge in [0.25, 0.3) is 0 Å². The fourth-order valence-electron chi connectivity index (χ4n) is 2.57. The molecule has 1 heterocycles. The second-order valence-corrected chi connectivity index (χ2v) is 6.34. The van der Waals surface area contributed by atoms with Gasteiger partial charge in [0.2, 0.25) is 0 Å². The van der Waals surface area contributed by atoms with Gasteiger partial charge in [-0.3, -0.25) is 4.90 Å². The van der Waals surface area contributed by atoms with Gasteiger partial charge < -0.3 is 4.74 Å². The van der Waals surface area contributed by atoms with Crippen molar-refractivity contribution in [2.45, 2.75) is 13.0 Å². The molecule has 0 atom stereocenters. The van der Waals surface area contributed by atoms with Crippen LogP contribution in [0.25, 0.3) is 0 Å². The maximum Gasteiger partial charge on any atom is 0.119 e. The Kier molecular flexibility index (Phi) is 4.58. The zero-order chi connectivity index (χ0) is 13.8. The Bertz CT molecular complexity index is 567. The fraction of sp³-hybridized carbons (Fsp3) is 0.294. The lowest BCUT2D eigenvalue weighted by molar-refractivity contribution is 0.196. The highest BCUT2D eigenvalue weighted by molar-refractivity contribution is 14.1. The molecule has 0 saturated heterocycles. The van der Waals surface area contributed by atoms with E-state index in [2.05, 4.69) is 63.9 Å². The van der Waals surface area contributed by atoms with Crippen molar-refractivity contribution in [1.82, 2.24) is 4.90 Å². The van der Waals surface area contributed by atoms with Gasteiger partial charge in [-0.25, -0.2) is 0 Å². The molecule has 1 aliphatic heterocycles. The van der Waals surface area contributed by atoms with E-state index in [1.54, 1.807) is 0 Å². The van der Waals surface area contributed by atoms with Crippen molar-refractivity contribution in [3.05, 3.63) is 63.2 Å². The molecule has 0 amide bonds. The lowest BCUT2D eigenvalue weighted by Gasteiger charge is -2.28. The summed E-state index contributed by atoms with van der Waals surface area (Å²) in [7, 11) is 0. The Hall–Kier alpha value is -1.07. The second kappa shape index (κ2) is 6.59. The van der Waals surface area contributed by atoms with Gasteiger partial charge in [0, 0.05) is 23.2 Å². The van der Waals surface area contributed by atoms with Gasteiger partial charge in [-0.15, -0.1) is 0 Å². The van der Waals surface area contributed by atoms with E-state index in [0.29, 0.717) is 0 Å². The summed E-state index contributed by atoms with van der Waals surface area (Å²) in [5.41, 5.74) is 2.97. The minimum atomic E-state index is 0.753. The van der Waals surface area contributed by atoms with Gasteiger partial charge in [-0.2, -0.15) is 0 Å². The smallest absolute Gasteiger partial charge is 0.119 e. The van der Waals surface area contributed by atoms with Gasteiger partial charge in [-0.1, -0.05) is 24.3 Å². The molecule has 2 nitrogen and oxygen atoms in total. The van der Waals surface area contributed by atoms with Gasteiger partial charge in [0.05, 0.1) is 0 Å². The van der Waals surface area contributed by atoms with Crippen molar-refractivity contribution in [3.8, 4) is 5.75 Å². The first-order valence-electron chi connectivity index (χ1n) is 6.99. The molecule has 104 valence electrons. The highest BCUT2D eigenvalue weighted by Gasteiger charge is 2.15. The van der Waals surface area contributed by atoms with E-state index in [4.69, 9.17) is 4.74 Å². The minimum absolute atomic E-state index is 0.753. The molecular formula is C17H18INO. The minimum Gasteiger partial charge on any atom is -0.492 e. The monoisotopic (exact) mass is 379 g/mol. The van der Waals surface area contributed by atoms with E-state index in [1.165, 1.54) is 14.7 Å². The van der Waals surface area contributed by atoms with Crippen LogP contribution in [0.2, 0.25) is 0 Å². The number of ether oxygens (including phenoxy) is 1. The summed E-state index contributed by atoms with van der Waals surface area (Å²) in [4.78, 5) is 2.47. The van der Waals surface area contributed by atoms with Crippen molar-refractivity contribution in [1.29, 1.82) is 0 Å². The third kappa shape index (κ3) is 3.52. The topological polar surface area (TPSA) is 12.5 Å². The Balaban J connectivity index is 1.49. The average Bonchev–Trinajstić information content (AvgIpc) is 2.49. The van der Waals surface area contributed by atoms with Crippen molar-refractivity contribution in [2.24, 2.45) is 0 Å². The Morgan fingerprint density at radius 3 is 2.55 bits per heavy atom. The largest absolute Gasteiger partial charge is 0.492 e. The number of halogens is 1. The first-order valence-corrected chi connectivity index (χ1v) is 8.07. The van der Waals surface area contributed by atoms with Gasteiger partial charge in [-0.05, 0) is 64.4 Å². The number of fused-ring (bicyclic) bond motifs is 1. The number of hydrogen-bond acceptors (Lipinski definition) is 2. The number of benzene rings is 2. The average molecular weight is 379 g/mol. The van der Waals surface area contributed by atoms with Crippen LogP contribution in [-0.2, 0) is 13.0 Å². The van der Waals surface area contributed by atoms with Crippen LogP contribution in [0.15, 0.2) is 48.5 Å². The molecule has 3 heteroatoms. The highest BCUT2D eigenvalue weighted by atomic mass is 127. The molecule has 0 aromatic heterocycles. The third-order valence-electron chi connectivity index (χ3n) is 3.70. The lowest BCUT2D eigenvalue weighted by atomic mass is 10.0. The quantitative estimate of drug-likeness (QED) is 0.751. The maximum atomic E-state index is 5.81. The predicted octanol–water partition coefficient (Wildman–Crippen LogP) is 3.73. The van der Waals surface area contributed by atoms with Crippen LogP contribution in [-0.4, -0.2) is 24.6 Å². The Morgan fingerprint density at radius 2 is 1.75 bits per heavy atom. The first kappa shape index (κ1) is 13.9. The molecule has 0 bridgehead atoms. The van der Waals surface area contributed by atoms with E-state index in [9.17, 15) is 0 Å². The molecule has 0 radical (unpaired) electrons. The predicted molar refractivity (Wildman–Crippen MR) is 90.1 cm³/mol. The van der Waals surface area contributed by atoms with Crippen molar-refractivity contribution in [3.63, 3.8) is 0 Å². The number of rotatable bonds is 4. The molecule has 0 N–H and O–H groups in total. The van der Waals surface area contributed by atoms with Gasteiger partial charge >= 0.3 is 0 Å². The number of hydrogen-bond donors (Lipinski definition) is 0. The maximum absolute atomic E-state index is 5.81. The van der Waals surface area contributed by atoms with E-state index in [-0.39, 0.29) is 0 Å². The molecule has 0 spiro atoms. The van der Waals surface area contributed by atoms with E-state index < -0.39 is 0 Å². The lowest BCUT2D eigenvalue weighted by Crippen LogP contribution is -2.33. The summed E-state index contributed by atoms with van der Waals surface area (Å²) in [6.07, 6.45) is 1.15. The van der Waals surface area contributed by atoms with E-state index >= 15 is 0 Å². The number of nitrogens with zero attached hydrogens (tertiary/aromatic N) is 1. The molecule has 1 aliphatic rings. The van der Waals surface area contributed by atoms with Crippen LogP contribution in [0.5, 0.6) is 5.75 Å². The molecule has 3 rings (SSSR count). The highest BCUT2D eigenvalue weighted by Crippen LogP contribution is 2.18. The van der Waals surface area contributed by atoms with Crippen LogP contribution < -0.4 is 4.74 Å². The summed E-state index contributed by atoms with van der Waals surface area (Å²) >= 11 is 2.31. The molecule has 0 fully saturated rings. The summed E-state index contributed by atoms with van der Waals surface area (Å²) < 4.78 is 7.05. The van der Waals surface area contributed by atoms with Crippen LogP contribution in [0.1, 0.15) is 11.1 Å². The Morgan fingerprint density at radius 1 is 1.00 bits per heavy atom. The summed E-state index contributed by atoms with van der Waals surface area (Å²) in [6.45, 7) is 3.92. The van der Waals surface area contributed by atoms with E-state index in [0.717, 1.165) is 38.4 Å². The standard InChI is InChI=1S/C17H18INO/c18-16-5-7-17(8-6-16)20-12-11-19-10-9-14-3-1-2-4-15(14)13-19/h1-8H,9-13H2. The summed E-state index contributed by atoms with van der Waals surface area (Å²) in [5, 5.41) is 0. The first-order chi connectivity index (χ1) is 9.81. The SMILES string of the molecule is Ic1ccc(OCCN2CCc3ccccc3C2)cc1. The normalized spacial score (nSPS) is 14.8. The van der Waals surface area contributed by atoms with Crippen molar-refractivity contribution < 1.29 is 4.74 Å². The summed E-state index contributed by atoms with van der Waals surface area (Å²) in [6, 6.07) is 17.0. The molecule has 2 aromatic rings. The molecule has 0 unspecified atom stereocenters. The molecular weight excluding hydrogens is 361 g/mol. The van der Waals surface area contributed by atoms with Crippen LogP contribution >= 0.6 is 22.6 Å². The zero-order valence-electron chi connectivity index (χ0n) is 11.4. The Labute approximate surface area is 133 Å². The van der Waals surface area contributed by atoms with Crippen molar-refractivity contribution in [2.75, 3.05) is 19.7 Å². The van der Waals surface area contributed by atoms with Crippen LogP contribution in [0, 0.1) is 3.57 Å². The zero-order valence-corrected chi connectivity index (χ0v) is 13.5. The molecule has 20 heavy (non-hydrogen) atoms. The van der Waals surface area contributed by atoms with Crippen molar-refractivity contribution >= 4 is 22.6 Å². The van der Waals surface area contributed by atoms with Crippen LogP contribution in [0.4, 0.5) is 0 Å². The summed E-state index contributed by atoms with van der Waals surface area (Å²) in [5.74, 6) is 0.961. The van der Waals surface area contributed by atoms with E-state index in [1.807, 2.05) is 12.1 Å². The van der Waals surface area contributed by atoms with Gasteiger partial charge in [0.1, 0.15) is 12.4 Å². The molecule has 0 saturated carbocycles. The van der Waals surface area contributed by atoms with Gasteiger partial charge in [0.15, 0.2) is 0 Å². The van der Waals surface area contributed by atoms with Crippen LogP contribution in [0.3, 0.4) is 0 Å². The fourth-order valence-corrected chi connectivity index (χ4v) is 2.93. The molecule has 0 aliphatic carbocycles. The third-order valence-corrected chi connectivity index (χ3v) is 4.42. The molecule has 2 aromatic carbocycles. The second-order valence-electron chi connectivity index (χ2n) is 5.10.